The van der Waals surface area contributed by atoms with Crippen molar-refractivity contribution in [3.05, 3.63) is 0 Å². The van der Waals surface area contributed by atoms with E-state index < -0.39 is 0 Å². The molecule has 0 aromatic heterocycles. The lowest BCUT2D eigenvalue weighted by Gasteiger charge is -2.42. The number of carbonyl (C=O) groups is 2. The second-order valence-corrected chi connectivity index (χ2v) is 9.63. The summed E-state index contributed by atoms with van der Waals surface area (Å²) in [6.07, 6.45) is 10.3. The van der Waals surface area contributed by atoms with Crippen LogP contribution >= 0.6 is 0 Å². The minimum atomic E-state index is -0.251. The van der Waals surface area contributed by atoms with Gasteiger partial charge in [-0.1, -0.05) is 33.1 Å². The first-order valence-corrected chi connectivity index (χ1v) is 12.8. The minimum absolute atomic E-state index is 0.0118. The molecule has 0 aromatic carbocycles. The Morgan fingerprint density at radius 2 is 1.82 bits per heavy atom. The zero-order valence-electron chi connectivity index (χ0n) is 20.5. The molecule has 2 aliphatic rings. The number of piperidine rings is 1. The number of nitrogens with two attached hydrogens (primary N) is 2. The number of esters is 2. The monoisotopic (exact) mass is 467 g/mol. The van der Waals surface area contributed by atoms with Gasteiger partial charge >= 0.3 is 11.9 Å². The van der Waals surface area contributed by atoms with Gasteiger partial charge in [0.2, 0.25) is 0 Å². The zero-order valence-corrected chi connectivity index (χ0v) is 20.5. The molecule has 0 spiro atoms. The van der Waals surface area contributed by atoms with Gasteiger partial charge < -0.3 is 20.5 Å². The maximum Gasteiger partial charge on any atom is 0.323 e. The maximum absolute atomic E-state index is 12.6. The quantitative estimate of drug-likeness (QED) is 0.0763. The standard InChI is InChI=1S/C24H45N5O4/c1-3-6-18(7-4-2)23(30)32-12-5-13-33-24(31)21-15-20-14-17(8-10-19(20)16-27-21)9-11-22(25)28-29-26/h17-21,27,29H,3-16,26H2,1-2H3,(H2,25,28). The number of ether oxygens (including phenoxy) is 2. The van der Waals surface area contributed by atoms with Crippen LogP contribution in [0.2, 0.25) is 0 Å². The Labute approximate surface area is 198 Å². The average Bonchev–Trinajstić information content (AvgIpc) is 2.81. The third-order valence-corrected chi connectivity index (χ3v) is 7.10. The lowest BCUT2D eigenvalue weighted by molar-refractivity contribution is -0.151. The van der Waals surface area contributed by atoms with E-state index in [1.165, 1.54) is 12.8 Å². The second-order valence-electron chi connectivity index (χ2n) is 9.63. The molecule has 1 saturated carbocycles. The van der Waals surface area contributed by atoms with Crippen LogP contribution in [0.4, 0.5) is 0 Å². The number of hydrogen-bond donors (Lipinski definition) is 4. The van der Waals surface area contributed by atoms with Crippen molar-refractivity contribution in [3.8, 4) is 0 Å². The summed E-state index contributed by atoms with van der Waals surface area (Å²) in [5, 5.41) is 7.21. The van der Waals surface area contributed by atoms with Crippen LogP contribution in [0.25, 0.3) is 0 Å². The average molecular weight is 468 g/mol. The number of nitrogens with one attached hydrogen (secondary N) is 2. The molecule has 2 fully saturated rings. The number of hydrogen-bond acceptors (Lipinski definition) is 8. The van der Waals surface area contributed by atoms with Gasteiger partial charge in [-0.2, -0.15) is 5.10 Å². The third kappa shape index (κ3) is 9.49. The first kappa shape index (κ1) is 27.4. The molecule has 4 atom stereocenters. The molecule has 0 aromatic rings. The Kier molecular flexibility index (Phi) is 12.5. The number of hydrazone groups is 1. The van der Waals surface area contributed by atoms with E-state index in [1.54, 1.807) is 0 Å². The van der Waals surface area contributed by atoms with E-state index in [-0.39, 0.29) is 30.5 Å². The normalized spacial score (nSPS) is 25.4. The number of amidine groups is 1. The highest BCUT2D eigenvalue weighted by Crippen LogP contribution is 2.40. The first-order valence-electron chi connectivity index (χ1n) is 12.8. The number of nitrogens with zero attached hydrogens (tertiary/aromatic N) is 1. The Hall–Kier alpha value is -1.87. The molecule has 0 radical (unpaired) electrons. The molecular weight excluding hydrogens is 422 g/mol. The fraction of sp³-hybridized carbons (Fsp3) is 0.875. The summed E-state index contributed by atoms with van der Waals surface area (Å²) >= 11 is 0. The van der Waals surface area contributed by atoms with Crippen molar-refractivity contribution in [2.24, 2.45) is 40.3 Å². The van der Waals surface area contributed by atoms with Crippen LogP contribution in [0.1, 0.15) is 84.5 Å². The van der Waals surface area contributed by atoms with Gasteiger partial charge in [-0.25, -0.2) is 11.4 Å². The number of fused-ring (bicyclic) bond motifs is 1. The van der Waals surface area contributed by atoms with Crippen molar-refractivity contribution >= 4 is 17.8 Å². The lowest BCUT2D eigenvalue weighted by atomic mass is 9.69. The highest BCUT2D eigenvalue weighted by Gasteiger charge is 2.38. The van der Waals surface area contributed by atoms with Crippen molar-refractivity contribution in [2.45, 2.75) is 90.5 Å². The SMILES string of the molecule is CCCC(CCC)C(=O)OCCCOC(=O)C1CC2CC(CC/C(N)=N/NN)CCC2CN1. The molecule has 1 heterocycles. The van der Waals surface area contributed by atoms with Gasteiger partial charge in [0.05, 0.1) is 19.1 Å². The van der Waals surface area contributed by atoms with Crippen molar-refractivity contribution in [1.82, 2.24) is 10.9 Å². The smallest absolute Gasteiger partial charge is 0.323 e. The van der Waals surface area contributed by atoms with Gasteiger partial charge in [0, 0.05) is 12.8 Å². The molecule has 1 saturated heterocycles. The van der Waals surface area contributed by atoms with E-state index >= 15 is 0 Å². The summed E-state index contributed by atoms with van der Waals surface area (Å²) in [5.74, 6) is 7.14. The topological polar surface area (TPSA) is 141 Å². The summed E-state index contributed by atoms with van der Waals surface area (Å²) in [6.45, 7) is 5.60. The van der Waals surface area contributed by atoms with Gasteiger partial charge in [0.1, 0.15) is 11.9 Å². The van der Waals surface area contributed by atoms with Crippen molar-refractivity contribution in [1.29, 1.82) is 0 Å². The fourth-order valence-electron chi connectivity index (χ4n) is 5.29. The molecule has 190 valence electrons. The Morgan fingerprint density at radius 1 is 1.09 bits per heavy atom. The number of hydrazine groups is 1. The van der Waals surface area contributed by atoms with E-state index in [4.69, 9.17) is 21.1 Å². The number of rotatable bonds is 14. The third-order valence-electron chi connectivity index (χ3n) is 7.10. The summed E-state index contributed by atoms with van der Waals surface area (Å²) in [6, 6.07) is -0.251. The van der Waals surface area contributed by atoms with Crippen LogP contribution in [0, 0.1) is 23.7 Å². The molecule has 33 heavy (non-hydrogen) atoms. The van der Waals surface area contributed by atoms with Crippen LogP contribution in [0.15, 0.2) is 5.10 Å². The molecule has 1 aliphatic carbocycles. The Bertz CT molecular complexity index is 624. The Balaban J connectivity index is 1.66. The maximum atomic E-state index is 12.6. The molecule has 1 aliphatic heterocycles. The number of carbonyl (C=O) groups excluding carboxylic acids is 2. The molecule has 2 rings (SSSR count). The molecule has 4 unspecified atom stereocenters. The predicted octanol–water partition coefficient (Wildman–Crippen LogP) is 2.59. The summed E-state index contributed by atoms with van der Waals surface area (Å²) in [5.41, 5.74) is 8.07. The first-order chi connectivity index (χ1) is 16.0. The van der Waals surface area contributed by atoms with E-state index in [0.717, 1.165) is 57.9 Å². The van der Waals surface area contributed by atoms with Crippen LogP contribution < -0.4 is 22.4 Å². The van der Waals surface area contributed by atoms with Gasteiger partial charge in [0.25, 0.3) is 0 Å². The second kappa shape index (κ2) is 15.1. The van der Waals surface area contributed by atoms with Crippen LogP contribution in [-0.2, 0) is 19.1 Å². The van der Waals surface area contributed by atoms with E-state index in [0.29, 0.717) is 36.6 Å². The zero-order chi connectivity index (χ0) is 24.1. The van der Waals surface area contributed by atoms with E-state index in [1.807, 2.05) is 0 Å². The molecule has 0 amide bonds. The molecule has 9 heteroatoms. The Morgan fingerprint density at radius 3 is 2.52 bits per heavy atom. The fourth-order valence-corrected chi connectivity index (χ4v) is 5.29. The summed E-state index contributed by atoms with van der Waals surface area (Å²) in [7, 11) is 0. The van der Waals surface area contributed by atoms with Crippen molar-refractivity contribution < 1.29 is 19.1 Å². The van der Waals surface area contributed by atoms with Crippen LogP contribution in [0.3, 0.4) is 0 Å². The van der Waals surface area contributed by atoms with Gasteiger partial charge in [-0.05, 0) is 62.8 Å². The van der Waals surface area contributed by atoms with Crippen LogP contribution in [0.5, 0.6) is 0 Å². The molecule has 9 nitrogen and oxygen atoms in total. The van der Waals surface area contributed by atoms with Gasteiger partial charge in [-0.3, -0.25) is 9.59 Å². The predicted molar refractivity (Wildman–Crippen MR) is 129 cm³/mol. The van der Waals surface area contributed by atoms with Crippen molar-refractivity contribution in [2.75, 3.05) is 19.8 Å². The van der Waals surface area contributed by atoms with Gasteiger partial charge in [0.15, 0.2) is 0 Å². The minimum Gasteiger partial charge on any atom is -0.465 e. The summed E-state index contributed by atoms with van der Waals surface area (Å²) in [4.78, 5) is 24.8. The molecular formula is C24H45N5O4. The lowest BCUT2D eigenvalue weighted by Crippen LogP contribution is -2.50. The summed E-state index contributed by atoms with van der Waals surface area (Å²) < 4.78 is 10.9. The van der Waals surface area contributed by atoms with Gasteiger partial charge in [-0.15, -0.1) is 0 Å². The van der Waals surface area contributed by atoms with E-state index in [2.05, 4.69) is 29.8 Å². The highest BCUT2D eigenvalue weighted by molar-refractivity contribution is 5.79. The van der Waals surface area contributed by atoms with Crippen molar-refractivity contribution in [3.63, 3.8) is 0 Å². The largest absolute Gasteiger partial charge is 0.465 e. The molecule has 6 N–H and O–H groups in total. The van der Waals surface area contributed by atoms with E-state index in [9.17, 15) is 9.59 Å². The van der Waals surface area contributed by atoms with Crippen LogP contribution in [-0.4, -0.2) is 43.6 Å². The highest BCUT2D eigenvalue weighted by atomic mass is 16.5. The molecule has 0 bridgehead atoms.